The Hall–Kier alpha value is -6.52. The normalized spacial score (nSPS) is 13.6. The van der Waals surface area contributed by atoms with Crippen LogP contribution in [0.5, 0.6) is 0 Å². The first-order chi connectivity index (χ1) is 26.6. The van der Waals surface area contributed by atoms with Gasteiger partial charge in [-0.1, -0.05) is 77.9 Å². The van der Waals surface area contributed by atoms with E-state index in [9.17, 15) is 0 Å². The van der Waals surface area contributed by atoms with Gasteiger partial charge in [0.25, 0.3) is 0 Å². The Bertz CT molecular complexity index is 3000. The molecule has 0 aliphatic heterocycles. The molecule has 4 nitrogen and oxygen atoms in total. The van der Waals surface area contributed by atoms with Crippen molar-refractivity contribution in [1.29, 1.82) is 0 Å². The van der Waals surface area contributed by atoms with Crippen LogP contribution in [0.2, 0.25) is 0 Å². The van der Waals surface area contributed by atoms with Crippen LogP contribution in [0, 0.1) is 13.8 Å². The summed E-state index contributed by atoms with van der Waals surface area (Å²) < 4.78 is 4.78. The fraction of sp³-hybridized carbons (Fsp3) is 0.120. The molecular formula is C50H38N4. The fourth-order valence-corrected chi connectivity index (χ4v) is 9.21. The Morgan fingerprint density at radius 2 is 1.07 bits per heavy atom. The van der Waals surface area contributed by atoms with E-state index in [4.69, 9.17) is 9.97 Å². The SMILES string of the molecule is Cc1cccc(C2=Cc3c(n(-c4ccccn4)c4cc5c(cc34)CCc3cc4c6cc(-c7cccc(C)c7)ccc6n(-c6ccccn6)c4cc3-5)CC2)c1. The number of fused-ring (bicyclic) bond motifs is 9. The molecule has 4 heterocycles. The second-order valence-electron chi connectivity index (χ2n) is 15.1. The molecule has 0 saturated heterocycles. The summed E-state index contributed by atoms with van der Waals surface area (Å²) in [6.45, 7) is 4.34. The number of aryl methyl sites for hydroxylation is 4. The molecule has 2 aliphatic carbocycles. The Morgan fingerprint density at radius 3 is 1.76 bits per heavy atom. The molecule has 2 aliphatic rings. The van der Waals surface area contributed by atoms with E-state index in [-0.39, 0.29) is 0 Å². The molecule has 0 spiro atoms. The number of nitrogens with zero attached hydrogens (tertiary/aromatic N) is 4. The number of rotatable bonds is 4. The summed E-state index contributed by atoms with van der Waals surface area (Å²) in [6, 6.07) is 47.0. The zero-order valence-corrected chi connectivity index (χ0v) is 30.5. The molecule has 0 fully saturated rings. The highest BCUT2D eigenvalue weighted by Gasteiger charge is 2.27. The van der Waals surface area contributed by atoms with E-state index in [1.807, 2.05) is 24.5 Å². The van der Waals surface area contributed by atoms with E-state index in [0.717, 1.165) is 37.3 Å². The van der Waals surface area contributed by atoms with E-state index in [2.05, 4.69) is 144 Å². The lowest BCUT2D eigenvalue weighted by Gasteiger charge is -2.21. The summed E-state index contributed by atoms with van der Waals surface area (Å²) >= 11 is 0. The van der Waals surface area contributed by atoms with Crippen LogP contribution in [0.15, 0.2) is 140 Å². The maximum Gasteiger partial charge on any atom is 0.137 e. The molecule has 9 aromatic rings. The third-order valence-electron chi connectivity index (χ3n) is 11.7. The van der Waals surface area contributed by atoms with Gasteiger partial charge in [-0.3, -0.25) is 9.13 Å². The first-order valence-electron chi connectivity index (χ1n) is 19.1. The molecule has 0 bridgehead atoms. The van der Waals surface area contributed by atoms with Gasteiger partial charge >= 0.3 is 0 Å². The van der Waals surface area contributed by atoms with Crippen molar-refractivity contribution in [3.63, 3.8) is 0 Å². The molecule has 0 N–H and O–H groups in total. The summed E-state index contributed by atoms with van der Waals surface area (Å²) in [5.41, 5.74) is 19.5. The van der Waals surface area contributed by atoms with Crippen LogP contribution in [0.3, 0.4) is 0 Å². The smallest absolute Gasteiger partial charge is 0.137 e. The van der Waals surface area contributed by atoms with Crippen molar-refractivity contribution in [3.8, 4) is 33.9 Å². The molecule has 0 unspecified atom stereocenters. The fourth-order valence-electron chi connectivity index (χ4n) is 9.21. The zero-order chi connectivity index (χ0) is 35.9. The number of benzene rings is 5. The highest BCUT2D eigenvalue weighted by Crippen LogP contribution is 2.45. The molecule has 4 aromatic heterocycles. The molecule has 0 saturated carbocycles. The van der Waals surface area contributed by atoms with Crippen LogP contribution in [-0.2, 0) is 19.3 Å². The van der Waals surface area contributed by atoms with Crippen LogP contribution < -0.4 is 0 Å². The van der Waals surface area contributed by atoms with Crippen molar-refractivity contribution in [2.24, 2.45) is 0 Å². The monoisotopic (exact) mass is 694 g/mol. The summed E-state index contributed by atoms with van der Waals surface area (Å²) in [5, 5.41) is 3.84. The van der Waals surface area contributed by atoms with E-state index in [0.29, 0.717) is 0 Å². The van der Waals surface area contributed by atoms with E-state index in [1.54, 1.807) is 0 Å². The van der Waals surface area contributed by atoms with Gasteiger partial charge in [-0.25, -0.2) is 9.97 Å². The van der Waals surface area contributed by atoms with Crippen LogP contribution in [0.25, 0.3) is 78.2 Å². The average Bonchev–Trinajstić information content (AvgIpc) is 3.70. The maximum absolute atomic E-state index is 4.90. The molecule has 258 valence electrons. The lowest BCUT2D eigenvalue weighted by atomic mass is 9.83. The van der Waals surface area contributed by atoms with Gasteiger partial charge in [0, 0.05) is 39.8 Å². The summed E-state index contributed by atoms with van der Waals surface area (Å²) in [6.07, 6.45) is 10.3. The molecular weight excluding hydrogens is 657 g/mol. The van der Waals surface area contributed by atoms with Crippen LogP contribution >= 0.6 is 0 Å². The van der Waals surface area contributed by atoms with Gasteiger partial charge in [0.2, 0.25) is 0 Å². The van der Waals surface area contributed by atoms with Crippen LogP contribution in [0.1, 0.15) is 45.5 Å². The third-order valence-corrected chi connectivity index (χ3v) is 11.7. The highest BCUT2D eigenvalue weighted by molar-refractivity contribution is 6.12. The molecule has 0 amide bonds. The number of allylic oxidation sites excluding steroid dienone is 1. The number of hydrogen-bond acceptors (Lipinski definition) is 2. The van der Waals surface area contributed by atoms with Gasteiger partial charge in [0.05, 0.1) is 16.6 Å². The molecule has 4 heteroatoms. The van der Waals surface area contributed by atoms with Crippen molar-refractivity contribution in [2.75, 3.05) is 0 Å². The maximum atomic E-state index is 4.90. The Morgan fingerprint density at radius 1 is 0.463 bits per heavy atom. The molecule has 5 aromatic carbocycles. The second kappa shape index (κ2) is 12.0. The molecule has 11 rings (SSSR count). The minimum absolute atomic E-state index is 0.931. The van der Waals surface area contributed by atoms with Gasteiger partial charge in [0.15, 0.2) is 0 Å². The van der Waals surface area contributed by atoms with E-state index < -0.39 is 0 Å². The predicted octanol–water partition coefficient (Wildman–Crippen LogP) is 12.1. The summed E-state index contributed by atoms with van der Waals surface area (Å²) in [5.74, 6) is 1.91. The quantitative estimate of drug-likeness (QED) is 0.184. The Kier molecular flexibility index (Phi) is 6.90. The van der Waals surface area contributed by atoms with Crippen molar-refractivity contribution in [1.82, 2.24) is 19.1 Å². The standard InChI is InChI=1S/C50H38N4/c1-31-9-7-11-33(23-31)35-17-19-45-41(25-35)43-27-37-15-16-38-28-44-42-26-36(34-12-8-10-32(2)24-34)18-20-46(42)54(50-14-4-6-22-52-50)48(44)30-40(38)39(37)29-47(43)53(45)49-13-3-5-21-51-49/h3-14,17,19,21-30H,15-16,18,20H2,1-2H3. The van der Waals surface area contributed by atoms with Crippen molar-refractivity contribution in [3.05, 3.63) is 179 Å². The Balaban J connectivity index is 1.15. The van der Waals surface area contributed by atoms with Gasteiger partial charge in [-0.05, 0) is 151 Å². The van der Waals surface area contributed by atoms with E-state index in [1.165, 1.54) is 99.6 Å². The first-order valence-corrected chi connectivity index (χ1v) is 19.1. The topological polar surface area (TPSA) is 35.6 Å². The van der Waals surface area contributed by atoms with Crippen LogP contribution in [0.4, 0.5) is 0 Å². The predicted molar refractivity (Wildman–Crippen MR) is 224 cm³/mol. The summed E-state index contributed by atoms with van der Waals surface area (Å²) in [4.78, 5) is 9.77. The molecule has 0 radical (unpaired) electrons. The van der Waals surface area contributed by atoms with Crippen molar-refractivity contribution in [2.45, 2.75) is 39.5 Å². The van der Waals surface area contributed by atoms with E-state index >= 15 is 0 Å². The minimum atomic E-state index is 0.931. The van der Waals surface area contributed by atoms with Gasteiger partial charge < -0.3 is 0 Å². The largest absolute Gasteiger partial charge is 0.298 e. The highest BCUT2D eigenvalue weighted by atomic mass is 15.1. The summed E-state index contributed by atoms with van der Waals surface area (Å²) in [7, 11) is 0. The zero-order valence-electron chi connectivity index (χ0n) is 30.5. The molecule has 54 heavy (non-hydrogen) atoms. The minimum Gasteiger partial charge on any atom is -0.298 e. The third kappa shape index (κ3) is 4.83. The van der Waals surface area contributed by atoms with Gasteiger partial charge in [0.1, 0.15) is 11.6 Å². The van der Waals surface area contributed by atoms with Crippen molar-refractivity contribution < 1.29 is 0 Å². The average molecular weight is 695 g/mol. The number of aromatic nitrogens is 4. The second-order valence-corrected chi connectivity index (χ2v) is 15.1. The number of hydrogen-bond donors (Lipinski definition) is 0. The lowest BCUT2D eigenvalue weighted by molar-refractivity contribution is 0.879. The van der Waals surface area contributed by atoms with Gasteiger partial charge in [-0.2, -0.15) is 0 Å². The lowest BCUT2D eigenvalue weighted by Crippen LogP contribution is -2.07. The van der Waals surface area contributed by atoms with Crippen LogP contribution in [-0.4, -0.2) is 19.1 Å². The van der Waals surface area contributed by atoms with Crippen molar-refractivity contribution >= 4 is 44.4 Å². The number of pyridine rings is 2. The molecule has 0 atom stereocenters. The first kappa shape index (κ1) is 31.0. The van der Waals surface area contributed by atoms with Gasteiger partial charge in [-0.15, -0.1) is 0 Å². The Labute approximate surface area is 314 Å².